The number of hydrogen-bond donors (Lipinski definition) is 1. The summed E-state index contributed by atoms with van der Waals surface area (Å²) in [4.78, 5) is 0. The zero-order valence-electron chi connectivity index (χ0n) is 14.7. The van der Waals surface area contributed by atoms with Crippen LogP contribution in [-0.2, 0) is 13.0 Å². The molecule has 0 saturated carbocycles. The normalized spacial score (nSPS) is 12.9. The Balaban J connectivity index is 1.90. The molecule has 0 amide bonds. The van der Waals surface area contributed by atoms with Crippen LogP contribution in [0.3, 0.4) is 0 Å². The Labute approximate surface area is 140 Å². The number of ether oxygens (including phenoxy) is 1. The van der Waals surface area contributed by atoms with Gasteiger partial charge in [0.15, 0.2) is 0 Å². The van der Waals surface area contributed by atoms with Gasteiger partial charge >= 0.3 is 0 Å². The molecule has 2 aromatic carbocycles. The molecule has 0 saturated heterocycles. The molecule has 0 spiro atoms. The van der Waals surface area contributed by atoms with Crippen LogP contribution in [0.5, 0.6) is 5.75 Å². The molecule has 1 unspecified atom stereocenters. The molecule has 0 aliphatic carbocycles. The molecule has 0 radical (unpaired) electrons. The third kappa shape index (κ3) is 5.72. The van der Waals surface area contributed by atoms with Crippen molar-refractivity contribution in [2.75, 3.05) is 0 Å². The van der Waals surface area contributed by atoms with E-state index in [2.05, 4.69) is 64.1 Å². The summed E-state index contributed by atoms with van der Waals surface area (Å²) in [7, 11) is 0. The zero-order chi connectivity index (χ0) is 16.9. The first-order valence-electron chi connectivity index (χ1n) is 8.30. The molecule has 2 aromatic rings. The predicted molar refractivity (Wildman–Crippen MR) is 95.7 cm³/mol. The molecule has 1 N–H and O–H groups in total. The lowest BCUT2D eigenvalue weighted by atomic mass is 9.86. The maximum absolute atomic E-state index is 10.2. The second-order valence-electron chi connectivity index (χ2n) is 7.34. The minimum atomic E-state index is -0.292. The number of rotatable bonds is 6. The van der Waals surface area contributed by atoms with Gasteiger partial charge in [-0.3, -0.25) is 0 Å². The van der Waals surface area contributed by atoms with Crippen LogP contribution in [0.4, 0.5) is 0 Å². The van der Waals surface area contributed by atoms with E-state index < -0.39 is 0 Å². The molecule has 0 bridgehead atoms. The van der Waals surface area contributed by atoms with Crippen molar-refractivity contribution in [3.8, 4) is 5.75 Å². The second kappa shape index (κ2) is 7.65. The van der Waals surface area contributed by atoms with Gasteiger partial charge in [-0.25, -0.2) is 0 Å². The molecule has 23 heavy (non-hydrogen) atoms. The van der Waals surface area contributed by atoms with E-state index >= 15 is 0 Å². The molecular weight excluding hydrogens is 284 g/mol. The third-order valence-electron chi connectivity index (χ3n) is 4.13. The van der Waals surface area contributed by atoms with E-state index in [4.69, 9.17) is 4.74 Å². The van der Waals surface area contributed by atoms with Crippen molar-refractivity contribution in [3.63, 3.8) is 0 Å². The van der Waals surface area contributed by atoms with Crippen molar-refractivity contribution in [2.24, 2.45) is 5.41 Å². The van der Waals surface area contributed by atoms with E-state index in [1.165, 1.54) is 16.7 Å². The highest BCUT2D eigenvalue weighted by Gasteiger charge is 2.21. The summed E-state index contributed by atoms with van der Waals surface area (Å²) in [6.07, 6.45) is 1.34. The van der Waals surface area contributed by atoms with Gasteiger partial charge in [0.1, 0.15) is 12.4 Å². The highest BCUT2D eigenvalue weighted by atomic mass is 16.5. The van der Waals surface area contributed by atoms with E-state index in [1.807, 2.05) is 12.1 Å². The largest absolute Gasteiger partial charge is 0.489 e. The number of aliphatic hydroxyl groups excluding tert-OH is 1. The minimum absolute atomic E-state index is 0.0699. The summed E-state index contributed by atoms with van der Waals surface area (Å²) >= 11 is 0. The summed E-state index contributed by atoms with van der Waals surface area (Å²) in [6, 6.07) is 16.6. The van der Waals surface area contributed by atoms with Gasteiger partial charge in [0, 0.05) is 0 Å². The van der Waals surface area contributed by atoms with E-state index in [1.54, 1.807) is 0 Å². The number of aliphatic hydroxyl groups is 1. The summed E-state index contributed by atoms with van der Waals surface area (Å²) in [5.74, 6) is 0.883. The third-order valence-corrected chi connectivity index (χ3v) is 4.13. The number of benzene rings is 2. The lowest BCUT2D eigenvalue weighted by Crippen LogP contribution is -2.26. The fourth-order valence-corrected chi connectivity index (χ4v) is 2.38. The van der Waals surface area contributed by atoms with Crippen LogP contribution in [0.25, 0.3) is 0 Å². The maximum Gasteiger partial charge on any atom is 0.120 e. The molecule has 2 rings (SSSR count). The van der Waals surface area contributed by atoms with Gasteiger partial charge in [-0.15, -0.1) is 0 Å². The molecule has 124 valence electrons. The Morgan fingerprint density at radius 3 is 2.35 bits per heavy atom. The lowest BCUT2D eigenvalue weighted by molar-refractivity contribution is 0.0560. The van der Waals surface area contributed by atoms with Crippen LogP contribution in [0, 0.1) is 12.3 Å². The van der Waals surface area contributed by atoms with Crippen molar-refractivity contribution in [2.45, 2.75) is 53.2 Å². The zero-order valence-corrected chi connectivity index (χ0v) is 14.7. The van der Waals surface area contributed by atoms with Gasteiger partial charge in [0.05, 0.1) is 6.10 Å². The summed E-state index contributed by atoms with van der Waals surface area (Å²) in [5, 5.41) is 10.2. The summed E-state index contributed by atoms with van der Waals surface area (Å²) in [5.41, 5.74) is 3.56. The van der Waals surface area contributed by atoms with Gasteiger partial charge < -0.3 is 9.84 Å². The number of hydrogen-bond acceptors (Lipinski definition) is 2. The van der Waals surface area contributed by atoms with Crippen molar-refractivity contribution in [1.29, 1.82) is 0 Å². The lowest BCUT2D eigenvalue weighted by Gasteiger charge is -2.25. The highest BCUT2D eigenvalue weighted by molar-refractivity contribution is 5.29. The topological polar surface area (TPSA) is 29.5 Å². The minimum Gasteiger partial charge on any atom is -0.489 e. The first-order valence-corrected chi connectivity index (χ1v) is 8.30. The molecular formula is C21H28O2. The van der Waals surface area contributed by atoms with Gasteiger partial charge in [-0.1, -0.05) is 62.7 Å². The average molecular weight is 312 g/mol. The van der Waals surface area contributed by atoms with E-state index in [9.17, 15) is 5.11 Å². The van der Waals surface area contributed by atoms with Gasteiger partial charge in [-0.2, -0.15) is 0 Å². The Hall–Kier alpha value is -1.80. The summed E-state index contributed by atoms with van der Waals surface area (Å²) in [6.45, 7) is 8.87. The van der Waals surface area contributed by atoms with Crippen LogP contribution in [0.2, 0.25) is 0 Å². The highest BCUT2D eigenvalue weighted by Crippen LogP contribution is 2.24. The predicted octanol–water partition coefficient (Wildman–Crippen LogP) is 4.91. The quantitative estimate of drug-likeness (QED) is 0.821. The summed E-state index contributed by atoms with van der Waals surface area (Å²) < 4.78 is 5.88. The molecule has 0 heterocycles. The SMILES string of the molecule is Cc1ccc(COc2cccc(CCC(O)C(C)(C)C)c2)cc1. The fraction of sp³-hybridized carbons (Fsp3) is 0.429. The maximum atomic E-state index is 10.2. The van der Waals surface area contributed by atoms with Crippen molar-refractivity contribution in [3.05, 3.63) is 65.2 Å². The monoisotopic (exact) mass is 312 g/mol. The van der Waals surface area contributed by atoms with Crippen molar-refractivity contribution < 1.29 is 9.84 Å². The molecule has 0 aromatic heterocycles. The van der Waals surface area contributed by atoms with Crippen LogP contribution >= 0.6 is 0 Å². The van der Waals surface area contributed by atoms with Crippen LogP contribution in [-0.4, -0.2) is 11.2 Å². The smallest absolute Gasteiger partial charge is 0.120 e. The standard InChI is InChI=1S/C21H28O2/c1-16-8-10-18(11-9-16)15-23-19-7-5-6-17(14-19)12-13-20(22)21(2,3)4/h5-11,14,20,22H,12-13,15H2,1-4H3. The van der Waals surface area contributed by atoms with Crippen molar-refractivity contribution >= 4 is 0 Å². The van der Waals surface area contributed by atoms with Gasteiger partial charge in [-0.05, 0) is 48.4 Å². The first-order chi connectivity index (χ1) is 10.8. The Kier molecular flexibility index (Phi) is 5.84. The first kappa shape index (κ1) is 17.6. The second-order valence-corrected chi connectivity index (χ2v) is 7.34. The van der Waals surface area contributed by atoms with Gasteiger partial charge in [0.2, 0.25) is 0 Å². The van der Waals surface area contributed by atoms with Crippen LogP contribution < -0.4 is 4.74 Å². The fourth-order valence-electron chi connectivity index (χ4n) is 2.38. The van der Waals surface area contributed by atoms with Crippen LogP contribution in [0.15, 0.2) is 48.5 Å². The molecule has 2 nitrogen and oxygen atoms in total. The Morgan fingerprint density at radius 2 is 1.70 bits per heavy atom. The van der Waals surface area contributed by atoms with E-state index in [0.29, 0.717) is 6.61 Å². The average Bonchev–Trinajstić information content (AvgIpc) is 2.51. The van der Waals surface area contributed by atoms with Crippen LogP contribution in [0.1, 0.15) is 43.9 Å². The van der Waals surface area contributed by atoms with Gasteiger partial charge in [0.25, 0.3) is 0 Å². The molecule has 2 heteroatoms. The molecule has 0 fully saturated rings. The molecule has 0 aliphatic heterocycles. The molecule has 0 aliphatic rings. The van der Waals surface area contributed by atoms with Crippen molar-refractivity contribution in [1.82, 2.24) is 0 Å². The Bertz CT molecular complexity index is 608. The van der Waals surface area contributed by atoms with E-state index in [0.717, 1.165) is 18.6 Å². The van der Waals surface area contributed by atoms with E-state index in [-0.39, 0.29) is 11.5 Å². The molecule has 1 atom stereocenters. The number of aryl methyl sites for hydroxylation is 2. The Morgan fingerprint density at radius 1 is 1.00 bits per heavy atom.